The van der Waals surface area contributed by atoms with E-state index in [4.69, 9.17) is 10.8 Å². The molecule has 1 aliphatic rings. The maximum Gasteiger partial charge on any atom is 0.327 e. The van der Waals surface area contributed by atoms with Crippen molar-refractivity contribution in [3.05, 3.63) is 0 Å². The highest BCUT2D eigenvalue weighted by Crippen LogP contribution is 2.31. The molecule has 5 nitrogen and oxygen atoms in total. The molecular formula is C10H18N2O3S. The van der Waals surface area contributed by atoms with Crippen LogP contribution in [0.2, 0.25) is 0 Å². The van der Waals surface area contributed by atoms with Gasteiger partial charge in [0.25, 0.3) is 0 Å². The van der Waals surface area contributed by atoms with E-state index in [2.05, 4.69) is 0 Å². The van der Waals surface area contributed by atoms with Crippen LogP contribution >= 0.6 is 11.8 Å². The highest BCUT2D eigenvalue weighted by Gasteiger charge is 2.41. The first-order valence-electron chi connectivity index (χ1n) is 5.45. The van der Waals surface area contributed by atoms with E-state index in [1.54, 1.807) is 0 Å². The van der Waals surface area contributed by atoms with Gasteiger partial charge < -0.3 is 15.7 Å². The third-order valence-electron chi connectivity index (χ3n) is 2.74. The summed E-state index contributed by atoms with van der Waals surface area (Å²) in [4.78, 5) is 24.5. The summed E-state index contributed by atoms with van der Waals surface area (Å²) in [6.45, 7) is 3.77. The molecule has 1 amide bonds. The number of aliphatic carboxylic acids is 1. The second-order valence-electron chi connectivity index (χ2n) is 3.81. The Labute approximate surface area is 99.4 Å². The van der Waals surface area contributed by atoms with Gasteiger partial charge in [-0.3, -0.25) is 4.79 Å². The van der Waals surface area contributed by atoms with Crippen LogP contribution in [-0.2, 0) is 9.59 Å². The number of rotatable bonds is 4. The summed E-state index contributed by atoms with van der Waals surface area (Å²) < 4.78 is 0. The number of amides is 1. The summed E-state index contributed by atoms with van der Waals surface area (Å²) in [5.74, 6) is -0.734. The largest absolute Gasteiger partial charge is 0.480 e. The van der Waals surface area contributed by atoms with E-state index in [1.165, 1.54) is 16.7 Å². The highest BCUT2D eigenvalue weighted by molar-refractivity contribution is 8.00. The van der Waals surface area contributed by atoms with Crippen molar-refractivity contribution in [2.24, 2.45) is 5.73 Å². The second-order valence-corrected chi connectivity index (χ2v) is 5.02. The van der Waals surface area contributed by atoms with Crippen LogP contribution in [-0.4, -0.2) is 45.1 Å². The summed E-state index contributed by atoms with van der Waals surface area (Å²) in [5.41, 5.74) is 5.68. The minimum atomic E-state index is -0.944. The number of thioether (sulfide) groups is 1. The van der Waals surface area contributed by atoms with Gasteiger partial charge in [-0.05, 0) is 12.8 Å². The summed E-state index contributed by atoms with van der Waals surface area (Å²) >= 11 is 1.51. The van der Waals surface area contributed by atoms with Crippen LogP contribution in [0, 0.1) is 0 Å². The van der Waals surface area contributed by atoms with Crippen LogP contribution < -0.4 is 5.73 Å². The first-order chi connectivity index (χ1) is 7.52. The molecule has 1 heterocycles. The fourth-order valence-electron chi connectivity index (χ4n) is 1.73. The molecule has 1 rings (SSSR count). The van der Waals surface area contributed by atoms with Crippen molar-refractivity contribution in [2.75, 3.05) is 5.75 Å². The van der Waals surface area contributed by atoms with Gasteiger partial charge in [0.15, 0.2) is 0 Å². The number of hydrogen-bond acceptors (Lipinski definition) is 4. The van der Waals surface area contributed by atoms with E-state index in [-0.39, 0.29) is 11.3 Å². The summed E-state index contributed by atoms with van der Waals surface area (Å²) in [7, 11) is 0. The molecule has 1 fully saturated rings. The lowest BCUT2D eigenvalue weighted by atomic mass is 10.1. The number of nitrogens with two attached hydrogens (primary N) is 1. The van der Waals surface area contributed by atoms with E-state index < -0.39 is 18.1 Å². The van der Waals surface area contributed by atoms with Crippen LogP contribution in [0.25, 0.3) is 0 Å². The summed E-state index contributed by atoms with van der Waals surface area (Å²) in [5, 5.41) is 9.00. The third-order valence-corrected chi connectivity index (χ3v) is 4.19. The highest BCUT2D eigenvalue weighted by atomic mass is 32.2. The van der Waals surface area contributed by atoms with Gasteiger partial charge in [0.1, 0.15) is 6.04 Å². The third kappa shape index (κ3) is 2.49. The van der Waals surface area contributed by atoms with Gasteiger partial charge in [-0.25, -0.2) is 4.79 Å². The van der Waals surface area contributed by atoms with Crippen LogP contribution in [0.3, 0.4) is 0 Å². The fraction of sp³-hybridized carbons (Fsp3) is 0.800. The predicted octanol–water partition coefficient (Wildman–Crippen LogP) is 0.488. The Hall–Kier alpha value is -0.750. The summed E-state index contributed by atoms with van der Waals surface area (Å²) in [6, 6.07) is -1.31. The molecule has 0 bridgehead atoms. The standard InChI is InChI=1S/C10H18N2O3S/c1-3-6(11)9(13)12-7(10(14)15)5-16-8(12)4-2/h6-8H,3-5,11H2,1-2H3,(H,14,15)/t6-,7?,8?/m1/s1. The maximum atomic E-state index is 12.0. The Morgan fingerprint density at radius 1 is 1.56 bits per heavy atom. The molecule has 0 aromatic rings. The topological polar surface area (TPSA) is 83.6 Å². The van der Waals surface area contributed by atoms with Crippen molar-refractivity contribution < 1.29 is 14.7 Å². The molecule has 16 heavy (non-hydrogen) atoms. The van der Waals surface area contributed by atoms with E-state index >= 15 is 0 Å². The Bertz CT molecular complexity index is 285. The fourth-order valence-corrected chi connectivity index (χ4v) is 3.08. The lowest BCUT2D eigenvalue weighted by Crippen LogP contribution is -2.51. The number of nitrogens with zero attached hydrogens (tertiary/aromatic N) is 1. The SMILES string of the molecule is CCC1SCC(C(=O)O)N1C(=O)[C@H](N)CC. The quantitative estimate of drug-likeness (QED) is 0.754. The smallest absolute Gasteiger partial charge is 0.327 e. The molecule has 0 aromatic carbocycles. The number of carbonyl (C=O) groups excluding carboxylic acids is 1. The monoisotopic (exact) mass is 246 g/mol. The molecule has 92 valence electrons. The van der Waals surface area contributed by atoms with Crippen molar-refractivity contribution in [1.29, 1.82) is 0 Å². The van der Waals surface area contributed by atoms with E-state index in [9.17, 15) is 9.59 Å². The molecule has 0 radical (unpaired) electrons. The van der Waals surface area contributed by atoms with Gasteiger partial charge in [-0.2, -0.15) is 0 Å². The van der Waals surface area contributed by atoms with Gasteiger partial charge in [0.05, 0.1) is 11.4 Å². The minimum absolute atomic E-state index is 0.0498. The summed E-state index contributed by atoms with van der Waals surface area (Å²) in [6.07, 6.45) is 1.28. The van der Waals surface area contributed by atoms with Gasteiger partial charge >= 0.3 is 5.97 Å². The van der Waals surface area contributed by atoms with E-state index in [0.717, 1.165) is 6.42 Å². The zero-order valence-electron chi connectivity index (χ0n) is 9.55. The Kier molecular flexibility index (Phi) is 4.61. The lowest BCUT2D eigenvalue weighted by molar-refractivity contribution is -0.149. The molecule has 0 aromatic heterocycles. The first-order valence-corrected chi connectivity index (χ1v) is 6.49. The molecule has 1 aliphatic heterocycles. The lowest BCUT2D eigenvalue weighted by Gasteiger charge is -2.28. The van der Waals surface area contributed by atoms with Crippen LogP contribution in [0.1, 0.15) is 26.7 Å². The number of carbonyl (C=O) groups is 2. The Morgan fingerprint density at radius 2 is 2.19 bits per heavy atom. The Balaban J connectivity index is 2.85. The van der Waals surface area contributed by atoms with Gasteiger partial charge in [0.2, 0.25) is 5.91 Å². The van der Waals surface area contributed by atoms with Crippen molar-refractivity contribution in [2.45, 2.75) is 44.1 Å². The van der Waals surface area contributed by atoms with Crippen LogP contribution in [0.5, 0.6) is 0 Å². The van der Waals surface area contributed by atoms with E-state index in [1.807, 2.05) is 13.8 Å². The van der Waals surface area contributed by atoms with Crippen molar-refractivity contribution in [3.8, 4) is 0 Å². The first kappa shape index (κ1) is 13.3. The molecule has 0 spiro atoms. The average molecular weight is 246 g/mol. The second kappa shape index (κ2) is 5.54. The molecule has 3 N–H and O–H groups in total. The zero-order chi connectivity index (χ0) is 12.3. The van der Waals surface area contributed by atoms with Crippen molar-refractivity contribution >= 4 is 23.6 Å². The molecular weight excluding hydrogens is 228 g/mol. The molecule has 3 atom stereocenters. The van der Waals surface area contributed by atoms with Gasteiger partial charge in [-0.1, -0.05) is 13.8 Å². The van der Waals surface area contributed by atoms with Crippen LogP contribution in [0.15, 0.2) is 0 Å². The molecule has 0 aliphatic carbocycles. The number of carboxylic acids is 1. The van der Waals surface area contributed by atoms with Gasteiger partial charge in [-0.15, -0.1) is 11.8 Å². The minimum Gasteiger partial charge on any atom is -0.480 e. The molecule has 0 saturated carbocycles. The maximum absolute atomic E-state index is 12.0. The number of carboxylic acid groups (broad SMARTS) is 1. The van der Waals surface area contributed by atoms with E-state index in [0.29, 0.717) is 12.2 Å². The zero-order valence-corrected chi connectivity index (χ0v) is 10.4. The molecule has 1 saturated heterocycles. The molecule has 6 heteroatoms. The van der Waals surface area contributed by atoms with Crippen molar-refractivity contribution in [1.82, 2.24) is 4.90 Å². The number of hydrogen-bond donors (Lipinski definition) is 2. The van der Waals surface area contributed by atoms with Crippen molar-refractivity contribution in [3.63, 3.8) is 0 Å². The predicted molar refractivity (Wildman–Crippen MR) is 63.1 cm³/mol. The Morgan fingerprint density at radius 3 is 2.62 bits per heavy atom. The molecule has 2 unspecified atom stereocenters. The normalized spacial score (nSPS) is 26.8. The van der Waals surface area contributed by atoms with Crippen LogP contribution in [0.4, 0.5) is 0 Å². The average Bonchev–Trinajstić information content (AvgIpc) is 2.70. The van der Waals surface area contributed by atoms with Gasteiger partial charge in [0, 0.05) is 5.75 Å².